The van der Waals surface area contributed by atoms with Crippen LogP contribution in [-0.2, 0) is 23.0 Å². The quantitative estimate of drug-likeness (QED) is 0.497. The van der Waals surface area contributed by atoms with Crippen molar-refractivity contribution in [2.45, 2.75) is 64.3 Å². The minimum absolute atomic E-state index is 0.0172. The number of aryl methyl sites for hydroxylation is 1. The van der Waals surface area contributed by atoms with Crippen LogP contribution in [0.4, 0.5) is 9.18 Å². The molecule has 7 unspecified atom stereocenters. The third-order valence-corrected chi connectivity index (χ3v) is 8.81. The fourth-order valence-corrected chi connectivity index (χ4v) is 7.15. The van der Waals surface area contributed by atoms with Crippen LogP contribution in [0.25, 0.3) is 22.0 Å². The molecule has 40 heavy (non-hydrogen) atoms. The summed E-state index contributed by atoms with van der Waals surface area (Å²) in [5, 5.41) is 18.1. The molecule has 0 spiro atoms. The van der Waals surface area contributed by atoms with E-state index in [2.05, 4.69) is 23.4 Å². The molecule has 2 aromatic carbocycles. The Kier molecular flexibility index (Phi) is 6.13. The molecule has 1 aromatic heterocycles. The summed E-state index contributed by atoms with van der Waals surface area (Å²) in [6, 6.07) is 11.2. The molecule has 2 amide bonds. The summed E-state index contributed by atoms with van der Waals surface area (Å²) >= 11 is 0. The first-order chi connectivity index (χ1) is 18.9. The third-order valence-electron chi connectivity index (χ3n) is 8.81. The number of carbonyl (C=O) groups excluding carboxylic acids is 2. The maximum absolute atomic E-state index is 15.2. The van der Waals surface area contributed by atoms with Crippen LogP contribution in [0, 0.1) is 40.8 Å². The van der Waals surface area contributed by atoms with Crippen molar-refractivity contribution in [1.82, 2.24) is 20.0 Å². The number of benzene rings is 2. The first kappa shape index (κ1) is 26.3. The molecule has 3 fully saturated rings. The van der Waals surface area contributed by atoms with Crippen molar-refractivity contribution in [3.05, 3.63) is 54.0 Å². The smallest absolute Gasteiger partial charge is 0.411 e. The van der Waals surface area contributed by atoms with Crippen molar-refractivity contribution in [2.75, 3.05) is 0 Å². The Morgan fingerprint density at radius 3 is 2.62 bits per heavy atom. The van der Waals surface area contributed by atoms with Crippen molar-refractivity contribution in [1.29, 1.82) is 5.26 Å². The molecule has 1 saturated heterocycles. The van der Waals surface area contributed by atoms with Crippen LogP contribution in [0.5, 0.6) is 0 Å². The number of nitrogens with one attached hydrogen (secondary N) is 1. The zero-order valence-electron chi connectivity index (χ0n) is 23.4. The maximum atomic E-state index is 15.2. The summed E-state index contributed by atoms with van der Waals surface area (Å²) in [4.78, 5) is 28.3. The lowest BCUT2D eigenvalue weighted by atomic mass is 9.94. The molecule has 6 rings (SSSR count). The van der Waals surface area contributed by atoms with E-state index in [9.17, 15) is 14.9 Å². The van der Waals surface area contributed by atoms with Gasteiger partial charge in [0.15, 0.2) is 0 Å². The van der Waals surface area contributed by atoms with Gasteiger partial charge in [-0.05, 0) is 79.7 Å². The SMILES string of the molecule is CC1C2C3CC(C12)N(C(=O)OC(C)(C)C)C3C(=O)NC(C#N)Cc1ccc(-c2ccc3cn(C)nc3c2)cc1F. The van der Waals surface area contributed by atoms with Crippen LogP contribution in [0.1, 0.15) is 39.7 Å². The molecule has 1 aliphatic heterocycles. The number of halogens is 1. The van der Waals surface area contributed by atoms with Crippen LogP contribution >= 0.6 is 0 Å². The molecule has 3 aliphatic rings. The van der Waals surface area contributed by atoms with Gasteiger partial charge in [0.05, 0.1) is 11.6 Å². The Morgan fingerprint density at radius 2 is 1.93 bits per heavy atom. The highest BCUT2D eigenvalue weighted by molar-refractivity contribution is 5.88. The van der Waals surface area contributed by atoms with Gasteiger partial charge in [-0.15, -0.1) is 0 Å². The Balaban J connectivity index is 1.17. The van der Waals surface area contributed by atoms with E-state index in [0.29, 0.717) is 28.9 Å². The van der Waals surface area contributed by atoms with E-state index < -0.39 is 29.6 Å². The van der Waals surface area contributed by atoms with Gasteiger partial charge in [0.2, 0.25) is 5.91 Å². The van der Waals surface area contributed by atoms with Gasteiger partial charge in [0, 0.05) is 31.1 Å². The van der Waals surface area contributed by atoms with Gasteiger partial charge in [-0.3, -0.25) is 14.4 Å². The van der Waals surface area contributed by atoms with E-state index >= 15 is 4.39 Å². The zero-order chi connectivity index (χ0) is 28.5. The number of likely N-dealkylation sites (tertiary alicyclic amines) is 1. The predicted octanol–water partition coefficient (Wildman–Crippen LogP) is 4.82. The largest absolute Gasteiger partial charge is 0.444 e. The van der Waals surface area contributed by atoms with Gasteiger partial charge in [-0.25, -0.2) is 9.18 Å². The number of piperidine rings is 1. The zero-order valence-corrected chi connectivity index (χ0v) is 23.4. The molecule has 2 saturated carbocycles. The number of carbonyl (C=O) groups is 2. The molecule has 2 bridgehead atoms. The minimum atomic E-state index is -0.940. The number of nitrogens with zero attached hydrogens (tertiary/aromatic N) is 4. The second kappa shape index (κ2) is 9.33. The average Bonchev–Trinajstić information content (AvgIpc) is 3.20. The number of aromatic nitrogens is 2. The monoisotopic (exact) mass is 543 g/mol. The normalized spacial score (nSPS) is 27.3. The lowest BCUT2D eigenvalue weighted by Gasteiger charge is -2.35. The van der Waals surface area contributed by atoms with Crippen LogP contribution in [0.2, 0.25) is 0 Å². The molecular formula is C31H34FN5O3. The Hall–Kier alpha value is -3.93. The number of rotatable bonds is 5. The predicted molar refractivity (Wildman–Crippen MR) is 147 cm³/mol. The number of fused-ring (bicyclic) bond motifs is 6. The van der Waals surface area contributed by atoms with Crippen LogP contribution in [0.3, 0.4) is 0 Å². The number of ether oxygens (including phenoxy) is 1. The summed E-state index contributed by atoms with van der Waals surface area (Å²) in [7, 11) is 1.86. The van der Waals surface area contributed by atoms with Gasteiger partial charge in [0.25, 0.3) is 0 Å². The van der Waals surface area contributed by atoms with E-state index in [1.807, 2.05) is 37.5 Å². The summed E-state index contributed by atoms with van der Waals surface area (Å²) in [6.45, 7) is 7.58. The van der Waals surface area contributed by atoms with Gasteiger partial charge < -0.3 is 10.1 Å². The molecular weight excluding hydrogens is 509 g/mol. The highest BCUT2D eigenvalue weighted by Crippen LogP contribution is 2.67. The van der Waals surface area contributed by atoms with Crippen molar-refractivity contribution >= 4 is 22.9 Å². The van der Waals surface area contributed by atoms with E-state index in [4.69, 9.17) is 4.74 Å². The van der Waals surface area contributed by atoms with Crippen molar-refractivity contribution in [2.24, 2.45) is 30.7 Å². The van der Waals surface area contributed by atoms with Crippen LogP contribution in [0.15, 0.2) is 42.6 Å². The summed E-state index contributed by atoms with van der Waals surface area (Å²) in [6.07, 6.45) is 2.22. The van der Waals surface area contributed by atoms with E-state index in [1.165, 1.54) is 6.07 Å². The second-order valence-electron chi connectivity index (χ2n) is 12.6. The van der Waals surface area contributed by atoms with Gasteiger partial charge >= 0.3 is 6.09 Å². The molecule has 7 atom stereocenters. The van der Waals surface area contributed by atoms with Gasteiger partial charge in [-0.2, -0.15) is 10.4 Å². The number of hydrogen-bond donors (Lipinski definition) is 1. The summed E-state index contributed by atoms with van der Waals surface area (Å²) in [5.74, 6) is 0.504. The molecule has 208 valence electrons. The lowest BCUT2D eigenvalue weighted by Crippen LogP contribution is -2.56. The topological polar surface area (TPSA) is 100 Å². The van der Waals surface area contributed by atoms with Crippen molar-refractivity contribution < 1.29 is 18.7 Å². The fourth-order valence-electron chi connectivity index (χ4n) is 7.15. The van der Waals surface area contributed by atoms with Gasteiger partial charge in [0.1, 0.15) is 23.5 Å². The first-order valence-electron chi connectivity index (χ1n) is 13.9. The van der Waals surface area contributed by atoms with E-state index in [-0.39, 0.29) is 24.3 Å². The molecule has 3 aromatic rings. The average molecular weight is 544 g/mol. The van der Waals surface area contributed by atoms with Gasteiger partial charge in [-0.1, -0.05) is 31.2 Å². The van der Waals surface area contributed by atoms with Crippen molar-refractivity contribution in [3.63, 3.8) is 0 Å². The Bertz CT molecular complexity index is 1550. The maximum Gasteiger partial charge on any atom is 0.411 e. The molecule has 0 radical (unpaired) electrons. The summed E-state index contributed by atoms with van der Waals surface area (Å²) in [5.41, 5.74) is 2.02. The number of nitriles is 1. The van der Waals surface area contributed by atoms with Crippen LogP contribution < -0.4 is 5.32 Å². The highest BCUT2D eigenvalue weighted by atomic mass is 19.1. The van der Waals surface area contributed by atoms with E-state index in [1.54, 1.807) is 36.4 Å². The molecule has 9 heteroatoms. The summed E-state index contributed by atoms with van der Waals surface area (Å²) < 4.78 is 22.6. The standard InChI is InChI=1S/C31H34FN5O3/c1-16-26-22-13-25(27(16)26)37(30(39)40-31(2,3)4)28(22)29(38)34-21(14-33)10-19-8-6-17(11-23(19)32)18-7-9-20-15-36(5)35-24(20)12-18/h6-9,11-12,15-16,21-22,25-28H,10,13H2,1-5H3,(H,34,38). The number of hydrogen-bond acceptors (Lipinski definition) is 5. The third kappa shape index (κ3) is 4.49. The molecule has 8 nitrogen and oxygen atoms in total. The molecule has 2 aliphatic carbocycles. The lowest BCUT2D eigenvalue weighted by molar-refractivity contribution is -0.128. The Morgan fingerprint density at radius 1 is 1.20 bits per heavy atom. The molecule has 1 N–H and O–H groups in total. The number of amides is 2. The van der Waals surface area contributed by atoms with E-state index in [0.717, 1.165) is 22.9 Å². The minimum Gasteiger partial charge on any atom is -0.444 e. The molecule has 2 heterocycles. The Labute approximate surface area is 233 Å². The fraction of sp³-hybridized carbons (Fsp3) is 0.484. The second-order valence-corrected chi connectivity index (χ2v) is 12.6. The van der Waals surface area contributed by atoms with Crippen LogP contribution in [-0.4, -0.2) is 50.4 Å². The highest BCUT2D eigenvalue weighted by Gasteiger charge is 2.71. The first-order valence-corrected chi connectivity index (χ1v) is 13.9. The van der Waals surface area contributed by atoms with Crippen molar-refractivity contribution in [3.8, 4) is 17.2 Å².